The number of rotatable bonds is 4. The van der Waals surface area contributed by atoms with Crippen LogP contribution in [0.4, 0.5) is 15.0 Å². The highest BCUT2D eigenvalue weighted by Gasteiger charge is 2.25. The fraction of sp³-hybridized carbons (Fsp3) is 0.412. The number of aliphatic hydroxyl groups excluding tert-OH is 1. The Morgan fingerprint density at radius 3 is 2.52 bits per heavy atom. The summed E-state index contributed by atoms with van der Waals surface area (Å²) in [6, 6.07) is 5.70. The Morgan fingerprint density at radius 2 is 1.96 bits per heavy atom. The van der Waals surface area contributed by atoms with E-state index in [0.29, 0.717) is 11.3 Å². The van der Waals surface area contributed by atoms with E-state index in [9.17, 15) is 14.3 Å². The molecule has 2 aromatic rings. The summed E-state index contributed by atoms with van der Waals surface area (Å²) in [6.45, 7) is 5.04. The number of hydrogen-bond donors (Lipinski definition) is 2. The molecule has 0 aliphatic rings. The van der Waals surface area contributed by atoms with Crippen LogP contribution in [0.3, 0.4) is 0 Å². The van der Waals surface area contributed by atoms with Crippen molar-refractivity contribution in [3.05, 3.63) is 41.3 Å². The quantitative estimate of drug-likeness (QED) is 0.677. The van der Waals surface area contributed by atoms with E-state index in [0.717, 1.165) is 0 Å². The molecule has 1 aromatic heterocycles. The van der Waals surface area contributed by atoms with E-state index in [2.05, 4.69) is 10.4 Å². The van der Waals surface area contributed by atoms with Crippen LogP contribution < -0.4 is 5.32 Å². The lowest BCUT2D eigenvalue weighted by atomic mass is 9.92. The van der Waals surface area contributed by atoms with Crippen LogP contribution in [0, 0.1) is 5.82 Å². The third-order valence-corrected chi connectivity index (χ3v) is 3.82. The van der Waals surface area contributed by atoms with Gasteiger partial charge in [-0.1, -0.05) is 61.6 Å². The van der Waals surface area contributed by atoms with Gasteiger partial charge in [0, 0.05) is 11.5 Å². The van der Waals surface area contributed by atoms with Crippen molar-refractivity contribution in [3.63, 3.8) is 0 Å². The van der Waals surface area contributed by atoms with Gasteiger partial charge in [0.05, 0.1) is 12.3 Å². The second-order valence-corrected chi connectivity index (χ2v) is 9.35. The van der Waals surface area contributed by atoms with Crippen molar-refractivity contribution in [3.8, 4) is 5.69 Å². The van der Waals surface area contributed by atoms with Crippen LogP contribution in [0.1, 0.15) is 32.0 Å². The predicted octanol–water partition coefficient (Wildman–Crippen LogP) is 4.72. The van der Waals surface area contributed by atoms with Crippen LogP contribution in [-0.2, 0) is 16.8 Å². The molecular weight excluding hydrogens is 420 g/mol. The Balaban J connectivity index is 2.42. The van der Waals surface area contributed by atoms with Crippen LogP contribution in [0.5, 0.6) is 0 Å². The molecule has 0 aliphatic carbocycles. The molecule has 0 saturated heterocycles. The number of aromatic nitrogens is 2. The molecule has 0 fully saturated rings. The predicted molar refractivity (Wildman–Crippen MR) is 103 cm³/mol. The minimum Gasteiger partial charge on any atom is -0.445 e. The van der Waals surface area contributed by atoms with Gasteiger partial charge in [0.25, 0.3) is 0 Å². The number of nitrogens with one attached hydrogen (secondary N) is 1. The third kappa shape index (κ3) is 5.97. The molecule has 10 heteroatoms. The number of amides is 1. The van der Waals surface area contributed by atoms with E-state index >= 15 is 0 Å². The maximum absolute atomic E-state index is 14.4. The summed E-state index contributed by atoms with van der Waals surface area (Å²) >= 11 is 16.7. The zero-order valence-electron chi connectivity index (χ0n) is 14.9. The Kier molecular flexibility index (Phi) is 6.63. The highest BCUT2D eigenvalue weighted by Crippen LogP contribution is 2.29. The Morgan fingerprint density at radius 1 is 1.30 bits per heavy atom. The normalized spacial score (nSPS) is 12.1. The number of halogens is 4. The molecule has 1 amide bonds. The van der Waals surface area contributed by atoms with Crippen LogP contribution in [0.15, 0.2) is 24.3 Å². The Labute approximate surface area is 171 Å². The van der Waals surface area contributed by atoms with Gasteiger partial charge in [0.15, 0.2) is 0 Å². The fourth-order valence-corrected chi connectivity index (χ4v) is 2.29. The van der Waals surface area contributed by atoms with Gasteiger partial charge < -0.3 is 9.84 Å². The third-order valence-electron chi connectivity index (χ3n) is 3.50. The Hall–Kier alpha value is -1.54. The standard InChI is InChI=1S/C17H19Cl3FN3O3/c1-16(2,3)13-7-14(22-15(26)27-9-17(18,19)20)24(23-13)12-6-10(8-25)4-5-11(12)21/h4-7,25H,8-9H2,1-3H3,(H,22,26). The molecule has 0 atom stereocenters. The molecule has 0 aliphatic heterocycles. The van der Waals surface area contributed by atoms with E-state index in [-0.39, 0.29) is 23.5 Å². The zero-order valence-corrected chi connectivity index (χ0v) is 17.2. The molecule has 2 rings (SSSR count). The highest BCUT2D eigenvalue weighted by atomic mass is 35.6. The number of carbonyl (C=O) groups excluding carboxylic acids is 1. The van der Waals surface area contributed by atoms with Crippen LogP contribution in [0.2, 0.25) is 0 Å². The first kappa shape index (κ1) is 21.8. The second kappa shape index (κ2) is 8.22. The molecule has 6 nitrogen and oxygen atoms in total. The lowest BCUT2D eigenvalue weighted by Gasteiger charge is -2.14. The SMILES string of the molecule is CC(C)(C)c1cc(NC(=O)OCC(Cl)(Cl)Cl)n(-c2cc(CO)ccc2F)n1. The Bertz CT molecular complexity index is 829. The minimum atomic E-state index is -1.75. The van der Waals surface area contributed by atoms with E-state index in [1.165, 1.54) is 22.9 Å². The summed E-state index contributed by atoms with van der Waals surface area (Å²) in [7, 11) is 0. The second-order valence-electron chi connectivity index (χ2n) is 6.84. The number of nitrogens with zero attached hydrogens (tertiary/aromatic N) is 2. The summed E-state index contributed by atoms with van der Waals surface area (Å²) < 4.78 is 18.7. The summed E-state index contributed by atoms with van der Waals surface area (Å²) in [5.41, 5.74) is 0.791. The monoisotopic (exact) mass is 437 g/mol. The number of benzene rings is 1. The molecule has 1 aromatic carbocycles. The van der Waals surface area contributed by atoms with Crippen molar-refractivity contribution >= 4 is 46.7 Å². The van der Waals surface area contributed by atoms with Crippen LogP contribution in [-0.4, -0.2) is 31.4 Å². The first-order valence-corrected chi connectivity index (χ1v) is 9.05. The van der Waals surface area contributed by atoms with Crippen molar-refractivity contribution in [1.29, 1.82) is 0 Å². The maximum Gasteiger partial charge on any atom is 0.412 e. The van der Waals surface area contributed by atoms with Gasteiger partial charge in [-0.15, -0.1) is 0 Å². The first-order chi connectivity index (χ1) is 12.4. The van der Waals surface area contributed by atoms with E-state index in [1.807, 2.05) is 20.8 Å². The summed E-state index contributed by atoms with van der Waals surface area (Å²) in [5.74, 6) is -0.406. The lowest BCUT2D eigenvalue weighted by Crippen LogP contribution is -2.22. The van der Waals surface area contributed by atoms with Crippen molar-refractivity contribution in [2.24, 2.45) is 0 Å². The molecule has 27 heavy (non-hydrogen) atoms. The number of carbonyl (C=O) groups is 1. The number of alkyl halides is 3. The van der Waals surface area contributed by atoms with Crippen molar-refractivity contribution in [2.45, 2.75) is 36.6 Å². The van der Waals surface area contributed by atoms with Crippen molar-refractivity contribution in [1.82, 2.24) is 9.78 Å². The fourth-order valence-electron chi connectivity index (χ4n) is 2.13. The van der Waals surface area contributed by atoms with Gasteiger partial charge >= 0.3 is 6.09 Å². The van der Waals surface area contributed by atoms with Gasteiger partial charge in [-0.3, -0.25) is 5.32 Å². The molecule has 0 saturated carbocycles. The van der Waals surface area contributed by atoms with E-state index in [4.69, 9.17) is 39.5 Å². The molecule has 0 bridgehead atoms. The molecule has 0 spiro atoms. The molecule has 0 unspecified atom stereocenters. The van der Waals surface area contributed by atoms with Gasteiger partial charge in [0.1, 0.15) is 23.9 Å². The minimum absolute atomic E-state index is 0.0636. The average Bonchev–Trinajstić information content (AvgIpc) is 2.96. The summed E-state index contributed by atoms with van der Waals surface area (Å²) in [4.78, 5) is 12.0. The smallest absolute Gasteiger partial charge is 0.412 e. The van der Waals surface area contributed by atoms with Gasteiger partial charge in [0.2, 0.25) is 3.79 Å². The molecule has 2 N–H and O–H groups in total. The first-order valence-electron chi connectivity index (χ1n) is 7.91. The van der Waals surface area contributed by atoms with Crippen LogP contribution >= 0.6 is 34.8 Å². The molecular formula is C17H19Cl3FN3O3. The largest absolute Gasteiger partial charge is 0.445 e. The molecule has 0 radical (unpaired) electrons. The van der Waals surface area contributed by atoms with Crippen molar-refractivity contribution < 1.29 is 19.0 Å². The number of ether oxygens (including phenoxy) is 1. The number of aliphatic hydroxyl groups is 1. The number of hydrogen-bond acceptors (Lipinski definition) is 4. The van der Waals surface area contributed by atoms with Crippen LogP contribution in [0.25, 0.3) is 5.69 Å². The van der Waals surface area contributed by atoms with Gasteiger partial charge in [-0.25, -0.2) is 13.9 Å². The maximum atomic E-state index is 14.4. The van der Waals surface area contributed by atoms with Gasteiger partial charge in [-0.05, 0) is 17.7 Å². The molecule has 1 heterocycles. The summed E-state index contributed by atoms with van der Waals surface area (Å²) in [5, 5.41) is 16.2. The average molecular weight is 439 g/mol. The molecule has 148 valence electrons. The van der Waals surface area contributed by atoms with Gasteiger partial charge in [-0.2, -0.15) is 5.10 Å². The summed E-state index contributed by atoms with van der Waals surface area (Å²) in [6.07, 6.45) is -0.887. The zero-order chi connectivity index (χ0) is 20.4. The highest BCUT2D eigenvalue weighted by molar-refractivity contribution is 6.67. The number of anilines is 1. The van der Waals surface area contributed by atoms with E-state index in [1.54, 1.807) is 6.07 Å². The topological polar surface area (TPSA) is 76.4 Å². The lowest BCUT2D eigenvalue weighted by molar-refractivity contribution is 0.163. The van der Waals surface area contributed by atoms with Crippen molar-refractivity contribution in [2.75, 3.05) is 11.9 Å². The van der Waals surface area contributed by atoms with E-state index < -0.39 is 22.3 Å².